The molecular formula is C19H36IN5O2S. The van der Waals surface area contributed by atoms with Gasteiger partial charge in [0.25, 0.3) is 0 Å². The van der Waals surface area contributed by atoms with Gasteiger partial charge in [-0.25, -0.2) is 9.78 Å². The van der Waals surface area contributed by atoms with E-state index in [0.29, 0.717) is 19.0 Å². The van der Waals surface area contributed by atoms with Crippen LogP contribution in [0.5, 0.6) is 0 Å². The molecule has 0 spiro atoms. The van der Waals surface area contributed by atoms with Gasteiger partial charge in [-0.2, -0.15) is 0 Å². The van der Waals surface area contributed by atoms with Crippen LogP contribution in [0.4, 0.5) is 4.79 Å². The molecule has 0 aliphatic heterocycles. The lowest BCUT2D eigenvalue weighted by Crippen LogP contribution is -2.54. The van der Waals surface area contributed by atoms with E-state index in [-0.39, 0.29) is 29.4 Å². The van der Waals surface area contributed by atoms with Crippen LogP contribution in [0.1, 0.15) is 66.1 Å². The highest BCUT2D eigenvalue weighted by Crippen LogP contribution is 2.23. The van der Waals surface area contributed by atoms with Crippen LogP contribution in [-0.4, -0.2) is 41.8 Å². The van der Waals surface area contributed by atoms with Crippen molar-refractivity contribution in [2.75, 3.05) is 13.6 Å². The summed E-state index contributed by atoms with van der Waals surface area (Å²) in [4.78, 5) is 20.9. The van der Waals surface area contributed by atoms with Gasteiger partial charge in [-0.1, -0.05) is 20.8 Å². The molecule has 1 rings (SSSR count). The molecule has 0 aliphatic carbocycles. The summed E-state index contributed by atoms with van der Waals surface area (Å²) in [5, 5.41) is 12.5. The van der Waals surface area contributed by atoms with Crippen molar-refractivity contribution in [3.8, 4) is 0 Å². The van der Waals surface area contributed by atoms with E-state index in [1.165, 1.54) is 0 Å². The van der Waals surface area contributed by atoms with Crippen molar-refractivity contribution in [3.63, 3.8) is 0 Å². The van der Waals surface area contributed by atoms with Crippen molar-refractivity contribution < 1.29 is 9.53 Å². The largest absolute Gasteiger partial charge is 0.444 e. The van der Waals surface area contributed by atoms with Gasteiger partial charge < -0.3 is 20.7 Å². The zero-order chi connectivity index (χ0) is 20.9. The van der Waals surface area contributed by atoms with E-state index in [9.17, 15) is 4.79 Å². The number of carbonyl (C=O) groups is 1. The molecule has 0 unspecified atom stereocenters. The minimum Gasteiger partial charge on any atom is -0.444 e. The standard InChI is InChI=1S/C19H35N5O2S.HI/c1-17(2,3)13-11-27-14(23-13)10-21-15(20-9)22-12-19(7,8)24-16(25)26-18(4,5)6;/h11H,10,12H2,1-9H3,(H,24,25)(H2,20,21,22);1H. The normalized spacial score (nSPS) is 12.8. The van der Waals surface area contributed by atoms with Crippen LogP contribution in [-0.2, 0) is 16.7 Å². The number of thiazole rings is 1. The molecule has 1 aromatic heterocycles. The average Bonchev–Trinajstić information content (AvgIpc) is 2.93. The Morgan fingerprint density at radius 3 is 2.21 bits per heavy atom. The van der Waals surface area contributed by atoms with Crippen LogP contribution in [0.15, 0.2) is 10.4 Å². The number of carbonyl (C=O) groups excluding carboxylic acids is 1. The number of rotatable bonds is 5. The van der Waals surface area contributed by atoms with Gasteiger partial charge in [0.05, 0.1) is 17.8 Å². The van der Waals surface area contributed by atoms with E-state index in [4.69, 9.17) is 4.74 Å². The molecule has 3 N–H and O–H groups in total. The molecule has 7 nitrogen and oxygen atoms in total. The highest BCUT2D eigenvalue weighted by Gasteiger charge is 2.25. The van der Waals surface area contributed by atoms with Crippen molar-refractivity contribution in [1.29, 1.82) is 0 Å². The van der Waals surface area contributed by atoms with Gasteiger partial charge in [-0.15, -0.1) is 35.3 Å². The lowest BCUT2D eigenvalue weighted by Gasteiger charge is -2.29. The van der Waals surface area contributed by atoms with E-state index in [0.717, 1.165) is 10.7 Å². The van der Waals surface area contributed by atoms with Crippen molar-refractivity contribution in [2.45, 2.75) is 78.5 Å². The Hall–Kier alpha value is -1.10. The van der Waals surface area contributed by atoms with Crippen LogP contribution in [0.2, 0.25) is 0 Å². The first-order chi connectivity index (χ1) is 12.2. The quantitative estimate of drug-likeness (QED) is 0.307. The molecule has 28 heavy (non-hydrogen) atoms. The molecule has 1 heterocycles. The summed E-state index contributed by atoms with van der Waals surface area (Å²) < 4.78 is 5.31. The summed E-state index contributed by atoms with van der Waals surface area (Å²) in [5.41, 5.74) is 0.118. The topological polar surface area (TPSA) is 87.6 Å². The molecule has 0 fully saturated rings. The van der Waals surface area contributed by atoms with Crippen molar-refractivity contribution in [2.24, 2.45) is 4.99 Å². The molecule has 1 aromatic rings. The number of nitrogens with zero attached hydrogens (tertiary/aromatic N) is 2. The highest BCUT2D eigenvalue weighted by molar-refractivity contribution is 14.0. The minimum absolute atomic E-state index is 0. The number of aliphatic imine (C=N–C) groups is 1. The Labute approximate surface area is 190 Å². The first-order valence-corrected chi connectivity index (χ1v) is 10.0. The zero-order valence-corrected chi connectivity index (χ0v) is 21.7. The van der Waals surface area contributed by atoms with Gasteiger partial charge >= 0.3 is 6.09 Å². The predicted molar refractivity (Wildman–Crippen MR) is 128 cm³/mol. The van der Waals surface area contributed by atoms with Crippen LogP contribution in [0.3, 0.4) is 0 Å². The number of ether oxygens (including phenoxy) is 1. The predicted octanol–water partition coefficient (Wildman–Crippen LogP) is 4.03. The maximum atomic E-state index is 12.0. The van der Waals surface area contributed by atoms with E-state index in [2.05, 4.69) is 52.1 Å². The number of nitrogens with one attached hydrogen (secondary N) is 3. The van der Waals surface area contributed by atoms with Gasteiger partial charge in [0.15, 0.2) is 5.96 Å². The summed E-state index contributed by atoms with van der Waals surface area (Å²) in [7, 11) is 1.71. The van der Waals surface area contributed by atoms with Gasteiger partial charge in [0.1, 0.15) is 10.6 Å². The van der Waals surface area contributed by atoms with Crippen molar-refractivity contribution in [1.82, 2.24) is 20.9 Å². The molecule has 1 amide bonds. The maximum absolute atomic E-state index is 12.0. The van der Waals surface area contributed by atoms with Crippen molar-refractivity contribution in [3.05, 3.63) is 16.1 Å². The third kappa shape index (κ3) is 10.4. The van der Waals surface area contributed by atoms with Gasteiger partial charge in [-0.05, 0) is 34.6 Å². The molecule has 0 atom stereocenters. The van der Waals surface area contributed by atoms with Crippen LogP contribution in [0, 0.1) is 0 Å². The van der Waals surface area contributed by atoms with Crippen LogP contribution >= 0.6 is 35.3 Å². The van der Waals surface area contributed by atoms with Gasteiger partial charge in [0, 0.05) is 24.4 Å². The zero-order valence-electron chi connectivity index (χ0n) is 18.5. The molecule has 0 aliphatic rings. The fourth-order valence-electron chi connectivity index (χ4n) is 2.05. The monoisotopic (exact) mass is 525 g/mol. The Kier molecular flexibility index (Phi) is 10.2. The van der Waals surface area contributed by atoms with E-state index in [1.807, 2.05) is 34.6 Å². The molecule has 9 heteroatoms. The molecule has 162 valence electrons. The van der Waals surface area contributed by atoms with E-state index < -0.39 is 17.2 Å². The van der Waals surface area contributed by atoms with Gasteiger partial charge in [0.2, 0.25) is 0 Å². The third-order valence-electron chi connectivity index (χ3n) is 3.49. The SMILES string of the molecule is CN=C(NCc1nc(C(C)(C)C)cs1)NCC(C)(C)NC(=O)OC(C)(C)C.I. The lowest BCUT2D eigenvalue weighted by atomic mass is 9.93. The number of hydrogen-bond acceptors (Lipinski definition) is 5. The second kappa shape index (κ2) is 10.6. The maximum Gasteiger partial charge on any atom is 0.408 e. The molecule has 0 aromatic carbocycles. The third-order valence-corrected chi connectivity index (χ3v) is 4.34. The Balaban J connectivity index is 0.00000729. The summed E-state index contributed by atoms with van der Waals surface area (Å²) in [5.74, 6) is 0.654. The number of aromatic nitrogens is 1. The second-order valence-electron chi connectivity index (χ2n) is 9.17. The number of amides is 1. The molecule has 0 saturated carbocycles. The summed E-state index contributed by atoms with van der Waals surface area (Å²) in [6.07, 6.45) is -0.435. The summed E-state index contributed by atoms with van der Waals surface area (Å²) in [6, 6.07) is 0. The smallest absolute Gasteiger partial charge is 0.408 e. The summed E-state index contributed by atoms with van der Waals surface area (Å²) >= 11 is 1.64. The van der Waals surface area contributed by atoms with Crippen LogP contribution < -0.4 is 16.0 Å². The number of hydrogen-bond donors (Lipinski definition) is 3. The number of alkyl carbamates (subject to hydrolysis) is 1. The second-order valence-corrected chi connectivity index (χ2v) is 10.1. The number of halogens is 1. The van der Waals surface area contributed by atoms with Crippen molar-refractivity contribution >= 4 is 47.4 Å². The number of guanidine groups is 1. The Morgan fingerprint density at radius 2 is 1.75 bits per heavy atom. The molecule has 0 radical (unpaired) electrons. The first-order valence-electron chi connectivity index (χ1n) is 9.12. The van der Waals surface area contributed by atoms with E-state index >= 15 is 0 Å². The molecule has 0 saturated heterocycles. The Morgan fingerprint density at radius 1 is 1.14 bits per heavy atom. The van der Waals surface area contributed by atoms with Gasteiger partial charge in [-0.3, -0.25) is 4.99 Å². The average molecular weight is 526 g/mol. The molecule has 0 bridgehead atoms. The highest BCUT2D eigenvalue weighted by atomic mass is 127. The first kappa shape index (κ1) is 26.9. The fourth-order valence-corrected chi connectivity index (χ4v) is 3.01. The fraction of sp³-hybridized carbons (Fsp3) is 0.737. The van der Waals surface area contributed by atoms with Crippen LogP contribution in [0.25, 0.3) is 0 Å². The van der Waals surface area contributed by atoms with E-state index in [1.54, 1.807) is 18.4 Å². The minimum atomic E-state index is -0.523. The summed E-state index contributed by atoms with van der Waals surface area (Å²) in [6.45, 7) is 16.9. The Bertz CT molecular complexity index is 660. The lowest BCUT2D eigenvalue weighted by molar-refractivity contribution is 0.0474. The molecular weight excluding hydrogens is 489 g/mol.